The zero-order valence-corrected chi connectivity index (χ0v) is 18.4. The van der Waals surface area contributed by atoms with Gasteiger partial charge in [-0.05, 0) is 38.1 Å². The fourth-order valence-electron chi connectivity index (χ4n) is 3.85. The van der Waals surface area contributed by atoms with Crippen LogP contribution in [0, 0.1) is 5.92 Å². The molecule has 33 heavy (non-hydrogen) atoms. The molecule has 8 heteroatoms. The van der Waals surface area contributed by atoms with E-state index in [1.165, 1.54) is 0 Å². The number of anilines is 1. The first-order chi connectivity index (χ1) is 16.1. The lowest BCUT2D eigenvalue weighted by atomic mass is 9.95. The molecule has 170 valence electrons. The standard InChI is InChI=1S/C25H27N5O3/c1-2-14-26-25(32)20-10-6-7-11-21(20)27-24(31)19-12-15-30(16-13-19)17-22-28-23(29-33-22)18-8-4-3-5-9-18/h2-11,19H,1,12-17H2,(H,26,32)(H,27,31). The minimum absolute atomic E-state index is 0.0669. The molecule has 0 aliphatic carbocycles. The molecule has 4 rings (SSSR count). The number of para-hydroxylation sites is 1. The Morgan fingerprint density at radius 1 is 1.09 bits per heavy atom. The molecule has 0 radical (unpaired) electrons. The van der Waals surface area contributed by atoms with E-state index in [-0.39, 0.29) is 17.7 Å². The van der Waals surface area contributed by atoms with Gasteiger partial charge in [0.1, 0.15) is 0 Å². The van der Waals surface area contributed by atoms with E-state index in [4.69, 9.17) is 4.52 Å². The van der Waals surface area contributed by atoms with E-state index in [1.54, 1.807) is 30.3 Å². The van der Waals surface area contributed by atoms with Crippen molar-refractivity contribution in [3.63, 3.8) is 0 Å². The third-order valence-corrected chi connectivity index (χ3v) is 5.65. The molecular weight excluding hydrogens is 418 g/mol. The lowest BCUT2D eigenvalue weighted by Gasteiger charge is -2.30. The number of piperidine rings is 1. The first-order valence-electron chi connectivity index (χ1n) is 11.0. The van der Waals surface area contributed by atoms with Crippen LogP contribution in [0.5, 0.6) is 0 Å². The maximum absolute atomic E-state index is 12.9. The Balaban J connectivity index is 1.30. The highest BCUT2D eigenvalue weighted by atomic mass is 16.5. The zero-order chi connectivity index (χ0) is 23.0. The summed E-state index contributed by atoms with van der Waals surface area (Å²) >= 11 is 0. The topological polar surface area (TPSA) is 100 Å². The second kappa shape index (κ2) is 10.7. The van der Waals surface area contributed by atoms with Crippen LogP contribution in [0.1, 0.15) is 29.1 Å². The molecule has 0 unspecified atom stereocenters. The summed E-state index contributed by atoms with van der Waals surface area (Å²) in [6.45, 7) is 6.03. The quantitative estimate of drug-likeness (QED) is 0.515. The minimum Gasteiger partial charge on any atom is -0.349 e. The number of hydrogen-bond donors (Lipinski definition) is 2. The van der Waals surface area contributed by atoms with Crippen molar-refractivity contribution >= 4 is 17.5 Å². The highest BCUT2D eigenvalue weighted by Crippen LogP contribution is 2.23. The summed E-state index contributed by atoms with van der Waals surface area (Å²) < 4.78 is 5.41. The lowest BCUT2D eigenvalue weighted by molar-refractivity contribution is -0.121. The third-order valence-electron chi connectivity index (χ3n) is 5.65. The van der Waals surface area contributed by atoms with Gasteiger partial charge in [-0.2, -0.15) is 4.98 Å². The summed E-state index contributed by atoms with van der Waals surface area (Å²) in [5, 5.41) is 9.75. The van der Waals surface area contributed by atoms with E-state index in [9.17, 15) is 9.59 Å². The molecular formula is C25H27N5O3. The van der Waals surface area contributed by atoms with Crippen molar-refractivity contribution < 1.29 is 14.1 Å². The maximum Gasteiger partial charge on any atom is 0.253 e. The Hall–Kier alpha value is -3.78. The highest BCUT2D eigenvalue weighted by molar-refractivity contribution is 6.04. The summed E-state index contributed by atoms with van der Waals surface area (Å²) in [5.41, 5.74) is 1.88. The zero-order valence-electron chi connectivity index (χ0n) is 18.4. The number of nitrogens with one attached hydrogen (secondary N) is 2. The fraction of sp³-hybridized carbons (Fsp3) is 0.280. The highest BCUT2D eigenvalue weighted by Gasteiger charge is 2.27. The van der Waals surface area contributed by atoms with E-state index in [0.29, 0.717) is 36.1 Å². The van der Waals surface area contributed by atoms with Gasteiger partial charge in [-0.1, -0.05) is 53.7 Å². The van der Waals surface area contributed by atoms with Crippen molar-refractivity contribution in [2.75, 3.05) is 25.0 Å². The monoisotopic (exact) mass is 445 g/mol. The minimum atomic E-state index is -0.241. The second-order valence-electron chi connectivity index (χ2n) is 7.96. The van der Waals surface area contributed by atoms with Gasteiger partial charge in [0, 0.05) is 18.0 Å². The van der Waals surface area contributed by atoms with Crippen LogP contribution in [0.3, 0.4) is 0 Å². The smallest absolute Gasteiger partial charge is 0.253 e. The largest absolute Gasteiger partial charge is 0.349 e. The van der Waals surface area contributed by atoms with Gasteiger partial charge in [0.15, 0.2) is 0 Å². The van der Waals surface area contributed by atoms with Crippen LogP contribution in [0.2, 0.25) is 0 Å². The first-order valence-corrected chi connectivity index (χ1v) is 11.0. The Bertz CT molecular complexity index is 1100. The van der Waals surface area contributed by atoms with Crippen LogP contribution in [-0.2, 0) is 11.3 Å². The molecule has 1 aromatic heterocycles. The van der Waals surface area contributed by atoms with Crippen molar-refractivity contribution in [3.8, 4) is 11.4 Å². The van der Waals surface area contributed by atoms with E-state index in [2.05, 4.69) is 32.3 Å². The number of likely N-dealkylation sites (tertiary alicyclic amines) is 1. The predicted molar refractivity (Wildman–Crippen MR) is 125 cm³/mol. The van der Waals surface area contributed by atoms with Gasteiger partial charge in [-0.15, -0.1) is 6.58 Å². The Morgan fingerprint density at radius 2 is 1.82 bits per heavy atom. The van der Waals surface area contributed by atoms with E-state index in [1.807, 2.05) is 30.3 Å². The molecule has 0 atom stereocenters. The number of rotatable bonds is 8. The molecule has 3 aromatic rings. The van der Waals surface area contributed by atoms with Gasteiger partial charge in [-0.3, -0.25) is 14.5 Å². The maximum atomic E-state index is 12.9. The average molecular weight is 446 g/mol. The number of amides is 2. The second-order valence-corrected chi connectivity index (χ2v) is 7.96. The number of carbonyl (C=O) groups excluding carboxylic acids is 2. The Kier molecular flexibility index (Phi) is 7.26. The molecule has 2 aromatic carbocycles. The molecule has 2 amide bonds. The summed E-state index contributed by atoms with van der Waals surface area (Å²) in [6, 6.07) is 16.7. The summed E-state index contributed by atoms with van der Waals surface area (Å²) in [5.74, 6) is 0.720. The van der Waals surface area contributed by atoms with Gasteiger partial charge in [0.05, 0.1) is 17.8 Å². The molecule has 2 heterocycles. The van der Waals surface area contributed by atoms with Crippen molar-refractivity contribution in [3.05, 3.63) is 78.7 Å². The molecule has 0 spiro atoms. The molecule has 1 aliphatic heterocycles. The first kappa shape index (κ1) is 22.4. The van der Waals surface area contributed by atoms with Crippen LogP contribution in [0.25, 0.3) is 11.4 Å². The molecule has 2 N–H and O–H groups in total. The van der Waals surface area contributed by atoms with Gasteiger partial charge in [0.25, 0.3) is 5.91 Å². The Labute approximate surface area is 192 Å². The molecule has 1 saturated heterocycles. The van der Waals surface area contributed by atoms with Crippen molar-refractivity contribution in [2.45, 2.75) is 19.4 Å². The lowest BCUT2D eigenvalue weighted by Crippen LogP contribution is -2.38. The number of aromatic nitrogens is 2. The SMILES string of the molecule is C=CCNC(=O)c1ccccc1NC(=O)C1CCN(Cc2nc(-c3ccccc3)no2)CC1. The molecule has 1 fully saturated rings. The average Bonchev–Trinajstić information content (AvgIpc) is 3.32. The molecule has 8 nitrogen and oxygen atoms in total. The number of hydrogen-bond acceptors (Lipinski definition) is 6. The molecule has 0 saturated carbocycles. The van der Waals surface area contributed by atoms with Gasteiger partial charge in [-0.25, -0.2) is 0 Å². The van der Waals surface area contributed by atoms with Crippen molar-refractivity contribution in [2.24, 2.45) is 5.92 Å². The van der Waals surface area contributed by atoms with Gasteiger partial charge >= 0.3 is 0 Å². The van der Waals surface area contributed by atoms with Crippen LogP contribution in [-0.4, -0.2) is 46.5 Å². The van der Waals surface area contributed by atoms with Crippen LogP contribution in [0.15, 0.2) is 71.8 Å². The van der Waals surface area contributed by atoms with Gasteiger partial charge in [0.2, 0.25) is 17.6 Å². The number of carbonyl (C=O) groups is 2. The van der Waals surface area contributed by atoms with Crippen molar-refractivity contribution in [1.82, 2.24) is 20.4 Å². The van der Waals surface area contributed by atoms with E-state index >= 15 is 0 Å². The molecule has 0 bridgehead atoms. The number of nitrogens with zero attached hydrogens (tertiary/aromatic N) is 3. The summed E-state index contributed by atoms with van der Waals surface area (Å²) in [7, 11) is 0. The predicted octanol–water partition coefficient (Wildman–Crippen LogP) is 3.50. The third kappa shape index (κ3) is 5.72. The summed E-state index contributed by atoms with van der Waals surface area (Å²) in [4.78, 5) is 31.9. The van der Waals surface area contributed by atoms with Gasteiger partial charge < -0.3 is 15.2 Å². The van der Waals surface area contributed by atoms with Crippen LogP contribution in [0.4, 0.5) is 5.69 Å². The summed E-state index contributed by atoms with van der Waals surface area (Å²) in [6.07, 6.45) is 3.05. The van der Waals surface area contributed by atoms with Crippen LogP contribution >= 0.6 is 0 Å². The van der Waals surface area contributed by atoms with E-state index in [0.717, 1.165) is 31.5 Å². The Morgan fingerprint density at radius 3 is 2.58 bits per heavy atom. The normalized spacial score (nSPS) is 14.5. The number of benzene rings is 2. The van der Waals surface area contributed by atoms with Crippen LogP contribution < -0.4 is 10.6 Å². The van der Waals surface area contributed by atoms with Crippen molar-refractivity contribution in [1.29, 1.82) is 0 Å². The van der Waals surface area contributed by atoms with E-state index < -0.39 is 0 Å². The fourth-order valence-corrected chi connectivity index (χ4v) is 3.85. The molecule has 1 aliphatic rings.